The molecule has 1 amide bonds. The largest absolute Gasteiger partial charge is 0.493 e. The number of aryl methyl sites for hydroxylation is 1. The van der Waals surface area contributed by atoms with Crippen LogP contribution in [0.2, 0.25) is 0 Å². The van der Waals surface area contributed by atoms with Gasteiger partial charge in [-0.3, -0.25) is 4.79 Å². The van der Waals surface area contributed by atoms with Gasteiger partial charge in [-0.15, -0.1) is 0 Å². The summed E-state index contributed by atoms with van der Waals surface area (Å²) in [5.41, 5.74) is 2.45. The lowest BCUT2D eigenvalue weighted by atomic mass is 10.2. The minimum atomic E-state index is -2.95. The van der Waals surface area contributed by atoms with Crippen LogP contribution in [-0.4, -0.2) is 24.6 Å². The molecule has 6 nitrogen and oxygen atoms in total. The zero-order valence-corrected chi connectivity index (χ0v) is 14.5. The van der Waals surface area contributed by atoms with Crippen LogP contribution in [0.3, 0.4) is 0 Å². The molecule has 27 heavy (non-hydrogen) atoms. The molecule has 0 aliphatic heterocycles. The molecule has 0 saturated heterocycles. The maximum Gasteiger partial charge on any atom is 0.387 e. The van der Waals surface area contributed by atoms with E-state index in [4.69, 9.17) is 9.15 Å². The Labute approximate surface area is 153 Å². The van der Waals surface area contributed by atoms with Crippen molar-refractivity contribution in [1.82, 2.24) is 4.98 Å². The Morgan fingerprint density at radius 3 is 2.78 bits per heavy atom. The quantitative estimate of drug-likeness (QED) is 0.648. The molecule has 3 rings (SSSR count). The van der Waals surface area contributed by atoms with Crippen molar-refractivity contribution in [1.29, 1.82) is 0 Å². The van der Waals surface area contributed by atoms with Gasteiger partial charge in [-0.05, 0) is 42.0 Å². The van der Waals surface area contributed by atoms with E-state index in [9.17, 15) is 13.6 Å². The number of oxazole rings is 1. The number of hydrogen-bond acceptors (Lipinski definition) is 5. The molecular formula is C19H16F2N2O4. The number of fused-ring (bicyclic) bond motifs is 1. The van der Waals surface area contributed by atoms with Crippen molar-refractivity contribution in [3.63, 3.8) is 0 Å². The van der Waals surface area contributed by atoms with Gasteiger partial charge in [0, 0.05) is 18.7 Å². The van der Waals surface area contributed by atoms with Crippen molar-refractivity contribution >= 4 is 28.8 Å². The number of halogens is 2. The summed E-state index contributed by atoms with van der Waals surface area (Å²) in [6.07, 6.45) is 2.85. The highest BCUT2D eigenvalue weighted by Gasteiger charge is 2.10. The molecule has 0 atom stereocenters. The fraction of sp³-hybridized carbons (Fsp3) is 0.158. The van der Waals surface area contributed by atoms with Gasteiger partial charge in [0.05, 0.1) is 7.11 Å². The van der Waals surface area contributed by atoms with E-state index >= 15 is 0 Å². The molecule has 1 N–H and O–H groups in total. The van der Waals surface area contributed by atoms with Crippen LogP contribution in [0.5, 0.6) is 11.5 Å². The second-order valence-electron chi connectivity index (χ2n) is 5.53. The molecule has 0 saturated carbocycles. The van der Waals surface area contributed by atoms with Crippen molar-refractivity contribution in [3.8, 4) is 11.5 Å². The van der Waals surface area contributed by atoms with Gasteiger partial charge in [0.1, 0.15) is 5.52 Å². The summed E-state index contributed by atoms with van der Waals surface area (Å²) in [7, 11) is 1.34. The smallest absolute Gasteiger partial charge is 0.387 e. The number of methoxy groups -OCH3 is 1. The SMILES string of the molecule is COc1cc(C=CC(=O)Nc2ccc3oc(C)nc3c2)ccc1OC(F)F. The Hall–Kier alpha value is -3.42. The standard InChI is InChI=1S/C19H16F2N2O4/c1-11-22-14-10-13(5-7-15(14)26-11)23-18(24)8-4-12-3-6-16(27-19(20)21)17(9-12)25-2/h3-10,19H,1-2H3,(H,23,24). The van der Waals surface area contributed by atoms with Crippen molar-refractivity contribution in [3.05, 3.63) is 53.9 Å². The minimum Gasteiger partial charge on any atom is -0.493 e. The molecule has 0 radical (unpaired) electrons. The number of carbonyl (C=O) groups excluding carboxylic acids is 1. The van der Waals surface area contributed by atoms with Crippen LogP contribution in [0.4, 0.5) is 14.5 Å². The van der Waals surface area contributed by atoms with Crippen molar-refractivity contribution in [2.24, 2.45) is 0 Å². The normalized spacial score (nSPS) is 11.3. The molecule has 0 spiro atoms. The van der Waals surface area contributed by atoms with E-state index in [-0.39, 0.29) is 17.4 Å². The molecule has 0 fully saturated rings. The summed E-state index contributed by atoms with van der Waals surface area (Å²) in [5, 5.41) is 2.72. The monoisotopic (exact) mass is 374 g/mol. The molecule has 3 aromatic rings. The van der Waals surface area contributed by atoms with Gasteiger partial charge in [-0.1, -0.05) is 6.07 Å². The highest BCUT2D eigenvalue weighted by Crippen LogP contribution is 2.29. The Bertz CT molecular complexity index is 999. The molecule has 8 heteroatoms. The molecular weight excluding hydrogens is 358 g/mol. The zero-order valence-electron chi connectivity index (χ0n) is 14.5. The average Bonchev–Trinajstić information content (AvgIpc) is 2.99. The topological polar surface area (TPSA) is 73.6 Å². The van der Waals surface area contributed by atoms with Crippen molar-refractivity contribution in [2.45, 2.75) is 13.5 Å². The third-order valence-electron chi connectivity index (χ3n) is 3.59. The highest BCUT2D eigenvalue weighted by atomic mass is 19.3. The van der Waals surface area contributed by atoms with Crippen LogP contribution < -0.4 is 14.8 Å². The summed E-state index contributed by atoms with van der Waals surface area (Å²) < 4.78 is 39.4. The number of carbonyl (C=O) groups is 1. The van der Waals surface area contributed by atoms with Gasteiger partial charge in [-0.25, -0.2) is 4.98 Å². The second-order valence-corrected chi connectivity index (χ2v) is 5.53. The molecule has 0 aliphatic carbocycles. The number of nitrogens with zero attached hydrogens (tertiary/aromatic N) is 1. The first kappa shape index (κ1) is 18.4. The zero-order chi connectivity index (χ0) is 19.4. The highest BCUT2D eigenvalue weighted by molar-refractivity contribution is 6.02. The second kappa shape index (κ2) is 7.86. The molecule has 140 valence electrons. The number of rotatable bonds is 6. The van der Waals surface area contributed by atoms with E-state index in [1.165, 1.54) is 37.5 Å². The summed E-state index contributed by atoms with van der Waals surface area (Å²) >= 11 is 0. The molecule has 0 unspecified atom stereocenters. The predicted octanol–water partition coefficient (Wildman–Crippen LogP) is 4.40. The number of hydrogen-bond donors (Lipinski definition) is 1. The number of ether oxygens (including phenoxy) is 2. The van der Waals surface area contributed by atoms with Crippen LogP contribution in [0, 0.1) is 6.92 Å². The first-order chi connectivity index (χ1) is 12.9. The van der Waals surface area contributed by atoms with Crippen LogP contribution in [0.1, 0.15) is 11.5 Å². The lowest BCUT2D eigenvalue weighted by Gasteiger charge is -2.10. The van der Waals surface area contributed by atoms with Gasteiger partial charge >= 0.3 is 6.61 Å². The lowest BCUT2D eigenvalue weighted by Crippen LogP contribution is -2.07. The number of aromatic nitrogens is 1. The molecule has 2 aromatic carbocycles. The maximum atomic E-state index is 12.3. The van der Waals surface area contributed by atoms with Crippen LogP contribution in [0.25, 0.3) is 17.2 Å². The van der Waals surface area contributed by atoms with Crippen LogP contribution in [0.15, 0.2) is 46.9 Å². The first-order valence-electron chi connectivity index (χ1n) is 7.93. The number of anilines is 1. The summed E-state index contributed by atoms with van der Waals surface area (Å²) in [4.78, 5) is 16.3. The number of amides is 1. The third-order valence-corrected chi connectivity index (χ3v) is 3.59. The Balaban J connectivity index is 1.69. The summed E-state index contributed by atoms with van der Waals surface area (Å²) in [6.45, 7) is -1.20. The molecule has 0 aliphatic rings. The number of alkyl halides is 2. The number of benzene rings is 2. The van der Waals surface area contributed by atoms with Gasteiger partial charge in [0.15, 0.2) is 23.0 Å². The molecule has 1 heterocycles. The van der Waals surface area contributed by atoms with Crippen LogP contribution in [-0.2, 0) is 4.79 Å². The molecule has 0 bridgehead atoms. The van der Waals surface area contributed by atoms with E-state index in [1.54, 1.807) is 25.1 Å². The Kier molecular flexibility index (Phi) is 5.35. The fourth-order valence-corrected chi connectivity index (χ4v) is 2.46. The van der Waals surface area contributed by atoms with Crippen molar-refractivity contribution < 1.29 is 27.5 Å². The molecule has 1 aromatic heterocycles. The average molecular weight is 374 g/mol. The van der Waals surface area contributed by atoms with E-state index in [1.807, 2.05) is 0 Å². The van der Waals surface area contributed by atoms with Gasteiger partial charge in [0.25, 0.3) is 0 Å². The van der Waals surface area contributed by atoms with Gasteiger partial charge in [0.2, 0.25) is 5.91 Å². The maximum absolute atomic E-state index is 12.3. The summed E-state index contributed by atoms with van der Waals surface area (Å²) in [5.74, 6) is 0.248. The van der Waals surface area contributed by atoms with Crippen molar-refractivity contribution in [2.75, 3.05) is 12.4 Å². The number of nitrogens with one attached hydrogen (secondary N) is 1. The minimum absolute atomic E-state index is 0.0784. The first-order valence-corrected chi connectivity index (χ1v) is 7.93. The summed E-state index contributed by atoms with van der Waals surface area (Å²) in [6, 6.07) is 9.51. The van der Waals surface area contributed by atoms with E-state index in [2.05, 4.69) is 15.0 Å². The lowest BCUT2D eigenvalue weighted by molar-refractivity contribution is -0.111. The van der Waals surface area contributed by atoms with Gasteiger partial charge in [-0.2, -0.15) is 8.78 Å². The van der Waals surface area contributed by atoms with Crippen LogP contribution >= 0.6 is 0 Å². The van der Waals surface area contributed by atoms with Gasteiger partial charge < -0.3 is 19.2 Å². The Morgan fingerprint density at radius 1 is 1.22 bits per heavy atom. The third kappa shape index (κ3) is 4.60. The Morgan fingerprint density at radius 2 is 2.04 bits per heavy atom. The van der Waals surface area contributed by atoms with E-state index < -0.39 is 6.61 Å². The van der Waals surface area contributed by atoms with E-state index in [0.717, 1.165) is 0 Å². The fourth-order valence-electron chi connectivity index (χ4n) is 2.46. The predicted molar refractivity (Wildman–Crippen MR) is 96.0 cm³/mol. The van der Waals surface area contributed by atoms with E-state index in [0.29, 0.717) is 28.2 Å².